The average molecular weight is 282 g/mol. The number of thioether (sulfide) groups is 1. The van der Waals surface area contributed by atoms with E-state index in [9.17, 15) is 0 Å². The molecule has 0 aliphatic heterocycles. The van der Waals surface area contributed by atoms with Crippen LogP contribution in [0.25, 0.3) is 0 Å². The molecule has 0 spiro atoms. The summed E-state index contributed by atoms with van der Waals surface area (Å²) < 4.78 is 0. The summed E-state index contributed by atoms with van der Waals surface area (Å²) in [6.07, 6.45) is 4.23. The highest BCUT2D eigenvalue weighted by Gasteiger charge is 2.14. The molecule has 1 N–H and O–H groups in total. The quantitative estimate of drug-likeness (QED) is 0.582. The zero-order valence-electron chi connectivity index (χ0n) is 12.7. The lowest BCUT2D eigenvalue weighted by Gasteiger charge is -2.28. The van der Waals surface area contributed by atoms with Gasteiger partial charge in [-0.05, 0) is 32.9 Å². The maximum Gasteiger partial charge on any atom is 0.191 e. The van der Waals surface area contributed by atoms with Gasteiger partial charge in [0, 0.05) is 25.2 Å². The minimum atomic E-state index is 0.494. The van der Waals surface area contributed by atoms with Crippen LogP contribution < -0.4 is 10.2 Å². The molecule has 0 radical (unpaired) electrons. The molecule has 108 valence electrons. The summed E-state index contributed by atoms with van der Waals surface area (Å²) in [5.74, 6) is 1.95. The average Bonchev–Trinajstić information content (AvgIpc) is 2.45. The van der Waals surface area contributed by atoms with E-state index in [0.29, 0.717) is 6.04 Å². The van der Waals surface area contributed by atoms with Crippen molar-refractivity contribution in [3.8, 4) is 0 Å². The molecule has 1 rings (SSSR count). The van der Waals surface area contributed by atoms with Gasteiger partial charge >= 0.3 is 0 Å². The summed E-state index contributed by atoms with van der Waals surface area (Å²) in [6.45, 7) is 10.7. The van der Waals surface area contributed by atoms with Crippen LogP contribution in [-0.2, 0) is 0 Å². The molecule has 1 aromatic rings. The van der Waals surface area contributed by atoms with Gasteiger partial charge in [0.15, 0.2) is 5.16 Å². The van der Waals surface area contributed by atoms with E-state index >= 15 is 0 Å². The van der Waals surface area contributed by atoms with Crippen LogP contribution in [0.15, 0.2) is 11.2 Å². The topological polar surface area (TPSA) is 41.0 Å². The lowest BCUT2D eigenvalue weighted by atomic mass is 10.2. The number of hydrogen-bond acceptors (Lipinski definition) is 5. The van der Waals surface area contributed by atoms with Gasteiger partial charge in [0.1, 0.15) is 11.6 Å². The molecule has 19 heavy (non-hydrogen) atoms. The van der Waals surface area contributed by atoms with Crippen molar-refractivity contribution in [3.63, 3.8) is 0 Å². The van der Waals surface area contributed by atoms with Crippen molar-refractivity contribution in [3.05, 3.63) is 6.07 Å². The standard InChI is InChI=1S/C14H26N4S/c1-6-9-15-12-10-13(17-14(16-12)19-5)18(8-3)11(4)7-2/h10-11H,6-9H2,1-5H3,(H,15,16,17). The van der Waals surface area contributed by atoms with Crippen LogP contribution in [0.2, 0.25) is 0 Å². The molecule has 5 heteroatoms. The molecule has 1 unspecified atom stereocenters. The third kappa shape index (κ3) is 4.56. The molecule has 1 atom stereocenters. The molecule has 1 aromatic heterocycles. The summed E-state index contributed by atoms with van der Waals surface area (Å²) in [4.78, 5) is 11.5. The van der Waals surface area contributed by atoms with Crippen LogP contribution in [0.1, 0.15) is 40.5 Å². The van der Waals surface area contributed by atoms with Crippen LogP contribution in [-0.4, -0.2) is 35.4 Å². The molecule has 0 bridgehead atoms. The second-order valence-electron chi connectivity index (χ2n) is 4.57. The van der Waals surface area contributed by atoms with Crippen molar-refractivity contribution < 1.29 is 0 Å². The summed E-state index contributed by atoms with van der Waals surface area (Å²) in [6, 6.07) is 2.55. The predicted molar refractivity (Wildman–Crippen MR) is 85.4 cm³/mol. The molecule has 0 saturated heterocycles. The molecule has 0 aliphatic carbocycles. The highest BCUT2D eigenvalue weighted by atomic mass is 32.2. The van der Waals surface area contributed by atoms with Crippen LogP contribution in [0.5, 0.6) is 0 Å². The molecule has 0 saturated carbocycles. The van der Waals surface area contributed by atoms with Gasteiger partial charge in [0.2, 0.25) is 0 Å². The normalized spacial score (nSPS) is 12.3. The van der Waals surface area contributed by atoms with E-state index in [1.165, 1.54) is 0 Å². The number of aromatic nitrogens is 2. The highest BCUT2D eigenvalue weighted by molar-refractivity contribution is 7.98. The highest BCUT2D eigenvalue weighted by Crippen LogP contribution is 2.22. The fourth-order valence-corrected chi connectivity index (χ4v) is 2.29. The molecular weight excluding hydrogens is 256 g/mol. The predicted octanol–water partition coefficient (Wildman–Crippen LogP) is 3.65. The Bertz CT molecular complexity index is 384. The van der Waals surface area contributed by atoms with Crippen LogP contribution in [0.4, 0.5) is 11.6 Å². The SMILES string of the molecule is CCCNc1cc(N(CC)C(C)CC)nc(SC)n1. The second kappa shape index (κ2) is 8.25. The fourth-order valence-electron chi connectivity index (χ4n) is 1.91. The lowest BCUT2D eigenvalue weighted by Crippen LogP contribution is -2.33. The van der Waals surface area contributed by atoms with Crippen molar-refractivity contribution in [1.29, 1.82) is 0 Å². The van der Waals surface area contributed by atoms with Crippen LogP contribution in [0, 0.1) is 0 Å². The van der Waals surface area contributed by atoms with Gasteiger partial charge in [0.25, 0.3) is 0 Å². The summed E-state index contributed by atoms with van der Waals surface area (Å²) in [7, 11) is 0. The Hall–Kier alpha value is -0.970. The van der Waals surface area contributed by atoms with Gasteiger partial charge < -0.3 is 10.2 Å². The van der Waals surface area contributed by atoms with Crippen molar-refractivity contribution in [2.24, 2.45) is 0 Å². The molecular formula is C14H26N4S. The van der Waals surface area contributed by atoms with Crippen molar-refractivity contribution in [2.75, 3.05) is 29.6 Å². The van der Waals surface area contributed by atoms with Gasteiger partial charge in [-0.3, -0.25) is 0 Å². The minimum absolute atomic E-state index is 0.494. The molecule has 0 aliphatic rings. The first-order valence-corrected chi connectivity index (χ1v) is 8.32. The maximum atomic E-state index is 4.64. The van der Waals surface area contributed by atoms with Gasteiger partial charge in [-0.1, -0.05) is 25.6 Å². The van der Waals surface area contributed by atoms with Gasteiger partial charge in [-0.2, -0.15) is 0 Å². The van der Waals surface area contributed by atoms with E-state index in [1.54, 1.807) is 11.8 Å². The van der Waals surface area contributed by atoms with E-state index < -0.39 is 0 Å². The van der Waals surface area contributed by atoms with Gasteiger partial charge in [-0.15, -0.1) is 0 Å². The Morgan fingerprint density at radius 1 is 1.32 bits per heavy atom. The molecule has 0 amide bonds. The fraction of sp³-hybridized carbons (Fsp3) is 0.714. The van der Waals surface area contributed by atoms with E-state index in [1.807, 2.05) is 6.26 Å². The Kier molecular flexibility index (Phi) is 6.99. The van der Waals surface area contributed by atoms with E-state index in [2.05, 4.69) is 53.9 Å². The first-order valence-electron chi connectivity index (χ1n) is 7.09. The smallest absolute Gasteiger partial charge is 0.191 e. The Labute approximate surface area is 121 Å². The van der Waals surface area contributed by atoms with E-state index in [-0.39, 0.29) is 0 Å². The van der Waals surface area contributed by atoms with Crippen LogP contribution in [0.3, 0.4) is 0 Å². The van der Waals surface area contributed by atoms with E-state index in [4.69, 9.17) is 0 Å². The molecule has 4 nitrogen and oxygen atoms in total. The van der Waals surface area contributed by atoms with Gasteiger partial charge in [-0.25, -0.2) is 9.97 Å². The Morgan fingerprint density at radius 2 is 2.05 bits per heavy atom. The largest absolute Gasteiger partial charge is 0.370 e. The Balaban J connectivity index is 3.03. The first-order chi connectivity index (χ1) is 9.15. The zero-order chi connectivity index (χ0) is 14.3. The molecule has 1 heterocycles. The number of hydrogen-bond donors (Lipinski definition) is 1. The van der Waals surface area contributed by atoms with E-state index in [0.717, 1.165) is 42.7 Å². The monoisotopic (exact) mass is 282 g/mol. The van der Waals surface area contributed by atoms with Crippen molar-refractivity contribution >= 4 is 23.4 Å². The second-order valence-corrected chi connectivity index (χ2v) is 5.34. The summed E-state index contributed by atoms with van der Waals surface area (Å²) in [5.41, 5.74) is 0. The number of nitrogens with one attached hydrogen (secondary N) is 1. The van der Waals surface area contributed by atoms with Crippen LogP contribution >= 0.6 is 11.8 Å². The minimum Gasteiger partial charge on any atom is -0.370 e. The summed E-state index contributed by atoms with van der Waals surface area (Å²) in [5, 5.41) is 4.19. The summed E-state index contributed by atoms with van der Waals surface area (Å²) >= 11 is 1.59. The zero-order valence-corrected chi connectivity index (χ0v) is 13.5. The van der Waals surface area contributed by atoms with Crippen molar-refractivity contribution in [1.82, 2.24) is 9.97 Å². The lowest BCUT2D eigenvalue weighted by molar-refractivity contribution is 0.619. The maximum absolute atomic E-state index is 4.64. The third-order valence-corrected chi connectivity index (χ3v) is 3.74. The Morgan fingerprint density at radius 3 is 2.58 bits per heavy atom. The van der Waals surface area contributed by atoms with Gasteiger partial charge in [0.05, 0.1) is 0 Å². The third-order valence-electron chi connectivity index (χ3n) is 3.19. The van der Waals surface area contributed by atoms with Crippen molar-refractivity contribution in [2.45, 2.75) is 51.7 Å². The molecule has 0 aromatic carbocycles. The number of nitrogens with zero attached hydrogens (tertiary/aromatic N) is 3. The number of anilines is 2. The molecule has 0 fully saturated rings. The first kappa shape index (κ1) is 16.1. The number of rotatable bonds is 8.